The molecule has 9 aromatic rings. The van der Waals surface area contributed by atoms with Crippen LogP contribution >= 0.6 is 0 Å². The molecule has 0 fully saturated rings. The number of hydrogen-bond acceptors (Lipinski definition) is 1. The van der Waals surface area contributed by atoms with E-state index in [9.17, 15) is 0 Å². The van der Waals surface area contributed by atoms with E-state index in [1.807, 2.05) is 18.5 Å². The van der Waals surface area contributed by atoms with Crippen LogP contribution in [-0.2, 0) is 0 Å². The van der Waals surface area contributed by atoms with Crippen molar-refractivity contribution in [1.29, 1.82) is 0 Å². The third kappa shape index (κ3) is 2.92. The highest BCUT2D eigenvalue weighted by atomic mass is 15.0. The number of fused-ring (bicyclic) bond motifs is 11. The van der Waals surface area contributed by atoms with Gasteiger partial charge < -0.3 is 8.97 Å². The maximum Gasteiger partial charge on any atom is 0.0562 e. The first-order valence-electron chi connectivity index (χ1n) is 13.6. The minimum atomic E-state index is 1.11. The summed E-state index contributed by atoms with van der Waals surface area (Å²) in [6.45, 7) is 0. The van der Waals surface area contributed by atoms with Gasteiger partial charge in [-0.15, -0.1) is 0 Å². The van der Waals surface area contributed by atoms with Gasteiger partial charge in [0.15, 0.2) is 0 Å². The van der Waals surface area contributed by atoms with E-state index >= 15 is 0 Å². The lowest BCUT2D eigenvalue weighted by Crippen LogP contribution is -1.95. The number of benzene rings is 5. The molecule has 4 heterocycles. The van der Waals surface area contributed by atoms with Crippen LogP contribution in [-0.4, -0.2) is 14.0 Å². The summed E-state index contributed by atoms with van der Waals surface area (Å²) in [4.78, 5) is 4.35. The average Bonchev–Trinajstić information content (AvgIpc) is 3.56. The summed E-state index contributed by atoms with van der Waals surface area (Å²) in [5, 5.41) is 7.61. The molecule has 0 bridgehead atoms. The lowest BCUT2D eigenvalue weighted by atomic mass is 10.1. The van der Waals surface area contributed by atoms with E-state index in [4.69, 9.17) is 0 Å². The van der Waals surface area contributed by atoms with E-state index < -0.39 is 0 Å². The Morgan fingerprint density at radius 2 is 1.12 bits per heavy atom. The van der Waals surface area contributed by atoms with Crippen molar-refractivity contribution in [1.82, 2.24) is 14.0 Å². The predicted molar refractivity (Wildman–Crippen MR) is 167 cm³/mol. The molecule has 4 aromatic heterocycles. The Hall–Kier alpha value is -5.41. The van der Waals surface area contributed by atoms with E-state index in [1.165, 1.54) is 59.9 Å². The van der Waals surface area contributed by atoms with Crippen molar-refractivity contribution < 1.29 is 0 Å². The largest absolute Gasteiger partial charge is 0.309 e. The Labute approximate surface area is 230 Å². The highest BCUT2D eigenvalue weighted by molar-refractivity contribution is 6.18. The minimum absolute atomic E-state index is 1.11. The first-order valence-corrected chi connectivity index (χ1v) is 13.6. The molecular weight excluding hydrogens is 486 g/mol. The van der Waals surface area contributed by atoms with Crippen molar-refractivity contribution in [2.24, 2.45) is 0 Å². The van der Waals surface area contributed by atoms with Crippen LogP contribution in [0.4, 0.5) is 0 Å². The molecule has 0 aliphatic heterocycles. The Balaban J connectivity index is 1.43. The number of pyridine rings is 2. The first kappa shape index (κ1) is 21.5. The summed E-state index contributed by atoms with van der Waals surface area (Å²) < 4.78 is 4.85. The molecule has 3 heteroatoms. The summed E-state index contributed by atoms with van der Waals surface area (Å²) in [6.07, 6.45) is 3.75. The number of rotatable bonds is 2. The van der Waals surface area contributed by atoms with E-state index in [-0.39, 0.29) is 0 Å². The molecular formula is C37H23N3. The minimum Gasteiger partial charge on any atom is -0.309 e. The molecule has 3 nitrogen and oxygen atoms in total. The molecule has 186 valence electrons. The highest BCUT2D eigenvalue weighted by Crippen LogP contribution is 2.39. The van der Waals surface area contributed by atoms with Crippen molar-refractivity contribution in [3.8, 4) is 16.8 Å². The second-order valence-electron chi connectivity index (χ2n) is 10.5. The topological polar surface area (TPSA) is 22.2 Å². The van der Waals surface area contributed by atoms with Crippen molar-refractivity contribution in [3.05, 3.63) is 140 Å². The average molecular weight is 510 g/mol. The highest BCUT2D eigenvalue weighted by Gasteiger charge is 2.17. The summed E-state index contributed by atoms with van der Waals surface area (Å²) in [5.41, 5.74) is 9.51. The van der Waals surface area contributed by atoms with Gasteiger partial charge in [0.1, 0.15) is 0 Å². The second kappa shape index (κ2) is 8.05. The fraction of sp³-hybridized carbons (Fsp3) is 0. The van der Waals surface area contributed by atoms with E-state index in [0.29, 0.717) is 0 Å². The zero-order valence-corrected chi connectivity index (χ0v) is 21.6. The number of nitrogens with zero attached hydrogens (tertiary/aromatic N) is 3. The summed E-state index contributed by atoms with van der Waals surface area (Å²) in [7, 11) is 0. The van der Waals surface area contributed by atoms with Gasteiger partial charge in [-0.3, -0.25) is 4.98 Å². The van der Waals surface area contributed by atoms with Gasteiger partial charge in [0.25, 0.3) is 0 Å². The van der Waals surface area contributed by atoms with Gasteiger partial charge in [-0.1, -0.05) is 78.9 Å². The van der Waals surface area contributed by atoms with E-state index in [2.05, 4.69) is 135 Å². The zero-order valence-electron chi connectivity index (χ0n) is 21.6. The summed E-state index contributed by atoms with van der Waals surface area (Å²) >= 11 is 0. The number of para-hydroxylation sites is 2. The molecule has 0 aliphatic rings. The maximum atomic E-state index is 4.35. The molecule has 0 saturated heterocycles. The molecule has 0 aliphatic carbocycles. The molecule has 0 unspecified atom stereocenters. The lowest BCUT2D eigenvalue weighted by Gasteiger charge is -2.11. The lowest BCUT2D eigenvalue weighted by molar-refractivity contribution is 1.18. The molecule has 0 atom stereocenters. The Kier molecular flexibility index (Phi) is 4.33. The summed E-state index contributed by atoms with van der Waals surface area (Å²) in [5.74, 6) is 0. The molecule has 0 spiro atoms. The van der Waals surface area contributed by atoms with Gasteiger partial charge in [0.05, 0.1) is 27.6 Å². The Morgan fingerprint density at radius 1 is 0.425 bits per heavy atom. The van der Waals surface area contributed by atoms with Crippen molar-refractivity contribution in [3.63, 3.8) is 0 Å². The maximum absolute atomic E-state index is 4.35. The molecule has 0 amide bonds. The first-order chi connectivity index (χ1) is 19.8. The molecule has 5 aromatic carbocycles. The smallest absolute Gasteiger partial charge is 0.0562 e. The van der Waals surface area contributed by atoms with Crippen LogP contribution in [0.1, 0.15) is 0 Å². The van der Waals surface area contributed by atoms with Gasteiger partial charge >= 0.3 is 0 Å². The predicted octanol–water partition coefficient (Wildman–Crippen LogP) is 9.56. The van der Waals surface area contributed by atoms with Crippen LogP contribution in [0.15, 0.2) is 140 Å². The van der Waals surface area contributed by atoms with E-state index in [1.54, 1.807) is 0 Å². The monoisotopic (exact) mass is 509 g/mol. The van der Waals surface area contributed by atoms with Crippen LogP contribution in [0.25, 0.3) is 76.7 Å². The standard InChI is InChI=1S/C37H23N3/c1-2-14-30-28(12-1)29-13-3-6-17-34(29)40-35-22-37-32(20-26(35)21-36(30)40)31-15-4-5-16-33(31)39(37)27-11-7-9-24(19-27)25-10-8-18-38-23-25/h1-23H. The van der Waals surface area contributed by atoms with Crippen LogP contribution in [0.2, 0.25) is 0 Å². The van der Waals surface area contributed by atoms with E-state index in [0.717, 1.165) is 16.8 Å². The van der Waals surface area contributed by atoms with Crippen LogP contribution in [0.5, 0.6) is 0 Å². The van der Waals surface area contributed by atoms with Gasteiger partial charge in [-0.25, -0.2) is 0 Å². The van der Waals surface area contributed by atoms with Crippen molar-refractivity contribution in [2.45, 2.75) is 0 Å². The molecule has 9 rings (SSSR count). The van der Waals surface area contributed by atoms with Crippen LogP contribution < -0.4 is 0 Å². The third-order valence-electron chi connectivity index (χ3n) is 8.33. The fourth-order valence-electron chi connectivity index (χ4n) is 6.60. The van der Waals surface area contributed by atoms with Gasteiger partial charge in [-0.05, 0) is 59.5 Å². The zero-order chi connectivity index (χ0) is 26.2. The van der Waals surface area contributed by atoms with Gasteiger partial charge in [0.2, 0.25) is 0 Å². The molecule has 0 saturated carbocycles. The molecule has 0 N–H and O–H groups in total. The van der Waals surface area contributed by atoms with Crippen molar-refractivity contribution >= 4 is 59.9 Å². The normalized spacial score (nSPS) is 12.0. The third-order valence-corrected chi connectivity index (χ3v) is 8.33. The number of hydrogen-bond donors (Lipinski definition) is 0. The fourth-order valence-corrected chi connectivity index (χ4v) is 6.60. The SMILES string of the molecule is c1cncc(-c2cccc(-n3c4ccccc4c4cc5cc6c7ccccc7c7ccccc7n6c5cc43)c2)c1. The summed E-state index contributed by atoms with van der Waals surface area (Å²) in [6, 6.07) is 46.3. The quantitative estimate of drug-likeness (QED) is 0.213. The van der Waals surface area contributed by atoms with Crippen LogP contribution in [0, 0.1) is 0 Å². The van der Waals surface area contributed by atoms with Crippen LogP contribution in [0.3, 0.4) is 0 Å². The van der Waals surface area contributed by atoms with Gasteiger partial charge in [0, 0.05) is 50.6 Å². The second-order valence-corrected chi connectivity index (χ2v) is 10.5. The number of aromatic nitrogens is 3. The van der Waals surface area contributed by atoms with Gasteiger partial charge in [-0.2, -0.15) is 0 Å². The molecule has 0 radical (unpaired) electrons. The molecule has 40 heavy (non-hydrogen) atoms. The Bertz CT molecular complexity index is 2430. The Morgan fingerprint density at radius 3 is 1.93 bits per heavy atom. The van der Waals surface area contributed by atoms with Crippen molar-refractivity contribution in [2.75, 3.05) is 0 Å².